The van der Waals surface area contributed by atoms with Crippen LogP contribution in [0, 0.1) is 5.41 Å². The van der Waals surface area contributed by atoms with Crippen LogP contribution in [0.2, 0.25) is 10.0 Å². The van der Waals surface area contributed by atoms with Gasteiger partial charge in [-0.15, -0.1) is 0 Å². The van der Waals surface area contributed by atoms with Gasteiger partial charge in [0.15, 0.2) is 0 Å². The van der Waals surface area contributed by atoms with Gasteiger partial charge in [-0.25, -0.2) is 0 Å². The molecule has 0 bridgehead atoms. The lowest BCUT2D eigenvalue weighted by Crippen LogP contribution is -2.59. The van der Waals surface area contributed by atoms with E-state index in [1.54, 1.807) is 0 Å². The Hall–Kier alpha value is -0.280. The molecule has 0 radical (unpaired) electrons. The molecule has 0 spiro atoms. The minimum Gasteiger partial charge on any atom is -0.311 e. The molecule has 1 aliphatic rings. The van der Waals surface area contributed by atoms with Crippen molar-refractivity contribution in [2.24, 2.45) is 5.41 Å². The minimum atomic E-state index is 0.272. The van der Waals surface area contributed by atoms with Crippen LogP contribution in [0.5, 0.6) is 0 Å². The highest BCUT2D eigenvalue weighted by Crippen LogP contribution is 2.27. The van der Waals surface area contributed by atoms with Gasteiger partial charge in [0.2, 0.25) is 0 Å². The van der Waals surface area contributed by atoms with Crippen molar-refractivity contribution in [2.45, 2.75) is 52.7 Å². The quantitative estimate of drug-likeness (QED) is 0.872. The molecule has 1 aromatic carbocycles. The zero-order valence-corrected chi connectivity index (χ0v) is 14.9. The third-order valence-corrected chi connectivity index (χ3v) is 5.16. The van der Waals surface area contributed by atoms with Gasteiger partial charge in [0.1, 0.15) is 0 Å². The Balaban J connectivity index is 2.12. The molecule has 2 atom stereocenters. The van der Waals surface area contributed by atoms with E-state index in [0.717, 1.165) is 26.1 Å². The minimum absolute atomic E-state index is 0.272. The predicted molar refractivity (Wildman–Crippen MR) is 92.2 cm³/mol. The third kappa shape index (κ3) is 4.35. The smallest absolute Gasteiger partial charge is 0.0595 e. The number of hydrogen-bond acceptors (Lipinski definition) is 2. The molecule has 0 aliphatic carbocycles. The van der Waals surface area contributed by atoms with Gasteiger partial charge in [-0.3, -0.25) is 4.90 Å². The van der Waals surface area contributed by atoms with Crippen molar-refractivity contribution >= 4 is 23.2 Å². The Labute approximate surface area is 138 Å². The first kappa shape index (κ1) is 17.1. The summed E-state index contributed by atoms with van der Waals surface area (Å²) in [6.07, 6.45) is 1.16. The van der Waals surface area contributed by atoms with Crippen LogP contribution in [-0.4, -0.2) is 30.1 Å². The molecule has 1 N–H and O–H groups in total. The lowest BCUT2D eigenvalue weighted by atomic mass is 9.84. The molecule has 21 heavy (non-hydrogen) atoms. The molecular weight excluding hydrogens is 303 g/mol. The van der Waals surface area contributed by atoms with Gasteiger partial charge in [-0.1, -0.05) is 57.0 Å². The molecule has 118 valence electrons. The topological polar surface area (TPSA) is 15.3 Å². The summed E-state index contributed by atoms with van der Waals surface area (Å²) in [5.74, 6) is 0. The van der Waals surface area contributed by atoms with Crippen molar-refractivity contribution in [2.75, 3.05) is 13.1 Å². The average Bonchev–Trinajstić information content (AvgIpc) is 2.42. The standard InChI is InChI=1S/C17H26Cl2N2/c1-5-13-9-20-16(17(2,3)4)11-21(13)10-12-6-7-14(18)15(19)8-12/h6-8,13,16,20H,5,9-11H2,1-4H3. The van der Waals surface area contributed by atoms with E-state index in [9.17, 15) is 0 Å². The molecule has 0 aromatic heterocycles. The number of halogens is 2. The van der Waals surface area contributed by atoms with E-state index in [0.29, 0.717) is 22.1 Å². The third-order valence-electron chi connectivity index (χ3n) is 4.42. The van der Waals surface area contributed by atoms with Crippen molar-refractivity contribution < 1.29 is 0 Å². The first-order chi connectivity index (χ1) is 9.81. The first-order valence-electron chi connectivity index (χ1n) is 7.72. The summed E-state index contributed by atoms with van der Waals surface area (Å²) >= 11 is 12.1. The number of rotatable bonds is 3. The molecule has 1 saturated heterocycles. The van der Waals surface area contributed by atoms with Crippen molar-refractivity contribution in [3.63, 3.8) is 0 Å². The molecule has 4 heteroatoms. The fourth-order valence-electron chi connectivity index (χ4n) is 2.90. The summed E-state index contributed by atoms with van der Waals surface area (Å²) in [4.78, 5) is 2.58. The molecule has 0 amide bonds. The zero-order valence-electron chi connectivity index (χ0n) is 13.4. The lowest BCUT2D eigenvalue weighted by Gasteiger charge is -2.45. The molecule has 1 aromatic rings. The normalized spacial score (nSPS) is 24.3. The number of hydrogen-bond donors (Lipinski definition) is 1. The molecule has 0 saturated carbocycles. The molecule has 1 heterocycles. The van der Waals surface area contributed by atoms with Crippen LogP contribution >= 0.6 is 23.2 Å². The first-order valence-corrected chi connectivity index (χ1v) is 8.48. The summed E-state index contributed by atoms with van der Waals surface area (Å²) in [6, 6.07) is 7.06. The second-order valence-corrected chi connectivity index (χ2v) is 7.88. The van der Waals surface area contributed by atoms with Crippen LogP contribution in [-0.2, 0) is 6.54 Å². The number of piperazine rings is 1. The van der Waals surface area contributed by atoms with Gasteiger partial charge in [-0.05, 0) is 29.5 Å². The molecule has 2 nitrogen and oxygen atoms in total. The monoisotopic (exact) mass is 328 g/mol. The molecular formula is C17H26Cl2N2. The van der Waals surface area contributed by atoms with Crippen LogP contribution in [0.15, 0.2) is 18.2 Å². The maximum atomic E-state index is 6.14. The molecule has 1 aliphatic heterocycles. The second kappa shape index (κ2) is 6.87. The average molecular weight is 329 g/mol. The van der Waals surface area contributed by atoms with Gasteiger partial charge in [0, 0.05) is 31.7 Å². The highest BCUT2D eigenvalue weighted by Gasteiger charge is 2.33. The van der Waals surface area contributed by atoms with Gasteiger partial charge >= 0.3 is 0 Å². The molecule has 2 rings (SSSR count). The van der Waals surface area contributed by atoms with Crippen LogP contribution in [0.4, 0.5) is 0 Å². The second-order valence-electron chi connectivity index (χ2n) is 7.07. The van der Waals surface area contributed by atoms with E-state index in [1.807, 2.05) is 12.1 Å². The SMILES string of the molecule is CCC1CNC(C(C)(C)C)CN1Cc1ccc(Cl)c(Cl)c1. The van der Waals surface area contributed by atoms with Crippen LogP contribution in [0.3, 0.4) is 0 Å². The Bertz CT molecular complexity index is 482. The Morgan fingerprint density at radius 3 is 2.52 bits per heavy atom. The number of benzene rings is 1. The highest BCUT2D eigenvalue weighted by atomic mass is 35.5. The van der Waals surface area contributed by atoms with Gasteiger partial charge in [0.05, 0.1) is 10.0 Å². The molecule has 2 unspecified atom stereocenters. The summed E-state index contributed by atoms with van der Waals surface area (Å²) in [5, 5.41) is 4.98. The Kier molecular flexibility index (Phi) is 5.59. The van der Waals surface area contributed by atoms with Crippen molar-refractivity contribution in [3.8, 4) is 0 Å². The van der Waals surface area contributed by atoms with E-state index in [4.69, 9.17) is 23.2 Å². The van der Waals surface area contributed by atoms with Crippen LogP contribution in [0.1, 0.15) is 39.7 Å². The zero-order chi connectivity index (χ0) is 15.6. The fraction of sp³-hybridized carbons (Fsp3) is 0.647. The largest absolute Gasteiger partial charge is 0.311 e. The maximum absolute atomic E-state index is 6.14. The van der Waals surface area contributed by atoms with Crippen molar-refractivity contribution in [1.29, 1.82) is 0 Å². The maximum Gasteiger partial charge on any atom is 0.0595 e. The van der Waals surface area contributed by atoms with Gasteiger partial charge in [-0.2, -0.15) is 0 Å². The van der Waals surface area contributed by atoms with Crippen molar-refractivity contribution in [3.05, 3.63) is 33.8 Å². The highest BCUT2D eigenvalue weighted by molar-refractivity contribution is 6.42. The van der Waals surface area contributed by atoms with E-state index in [2.05, 4.69) is 44.0 Å². The molecule has 1 fully saturated rings. The lowest BCUT2D eigenvalue weighted by molar-refractivity contribution is 0.0775. The predicted octanol–water partition coefficient (Wildman–Crippen LogP) is 4.59. The summed E-state index contributed by atoms with van der Waals surface area (Å²) < 4.78 is 0. The fourth-order valence-corrected chi connectivity index (χ4v) is 3.22. The summed E-state index contributed by atoms with van der Waals surface area (Å²) in [7, 11) is 0. The van der Waals surface area contributed by atoms with E-state index >= 15 is 0 Å². The Morgan fingerprint density at radius 2 is 1.95 bits per heavy atom. The van der Waals surface area contributed by atoms with Gasteiger partial charge < -0.3 is 5.32 Å². The van der Waals surface area contributed by atoms with Crippen LogP contribution < -0.4 is 5.32 Å². The van der Waals surface area contributed by atoms with E-state index < -0.39 is 0 Å². The van der Waals surface area contributed by atoms with E-state index in [1.165, 1.54) is 5.56 Å². The number of nitrogens with one attached hydrogen (secondary N) is 1. The summed E-state index contributed by atoms with van der Waals surface area (Å²) in [6.45, 7) is 12.2. The number of nitrogens with zero attached hydrogens (tertiary/aromatic N) is 1. The van der Waals surface area contributed by atoms with Gasteiger partial charge in [0.25, 0.3) is 0 Å². The summed E-state index contributed by atoms with van der Waals surface area (Å²) in [5.41, 5.74) is 1.51. The van der Waals surface area contributed by atoms with Crippen molar-refractivity contribution in [1.82, 2.24) is 10.2 Å². The van der Waals surface area contributed by atoms with E-state index in [-0.39, 0.29) is 5.41 Å². The Morgan fingerprint density at radius 1 is 1.24 bits per heavy atom. The van der Waals surface area contributed by atoms with Crippen LogP contribution in [0.25, 0.3) is 0 Å².